The number of hydrogen-bond acceptors (Lipinski definition) is 3. The molecule has 18 heavy (non-hydrogen) atoms. The van der Waals surface area contributed by atoms with Gasteiger partial charge in [-0.3, -0.25) is 0 Å². The van der Waals surface area contributed by atoms with E-state index in [2.05, 4.69) is 21.2 Å². The molecule has 1 atom stereocenters. The molecule has 0 saturated heterocycles. The maximum absolute atomic E-state index is 12.2. The Labute approximate surface area is 109 Å². The van der Waals surface area contributed by atoms with Gasteiger partial charge in [0.15, 0.2) is 5.03 Å². The lowest BCUT2D eigenvalue weighted by Crippen LogP contribution is -2.26. The topological polar surface area (TPSA) is 64.0 Å². The zero-order valence-electron chi connectivity index (χ0n) is 11.2. The van der Waals surface area contributed by atoms with Crippen LogP contribution in [0.15, 0.2) is 5.03 Å². The molecular formula is C12H21N3O2S. The molecule has 0 aliphatic carbocycles. The maximum Gasteiger partial charge on any atom is 0.259 e. The van der Waals surface area contributed by atoms with Gasteiger partial charge >= 0.3 is 0 Å². The first-order valence-electron chi connectivity index (χ1n) is 6.54. The Morgan fingerprint density at radius 2 is 2.22 bits per heavy atom. The van der Waals surface area contributed by atoms with Gasteiger partial charge in [-0.25, -0.2) is 18.1 Å². The van der Waals surface area contributed by atoms with Gasteiger partial charge in [0.2, 0.25) is 0 Å². The van der Waals surface area contributed by atoms with Gasteiger partial charge in [0, 0.05) is 12.6 Å². The van der Waals surface area contributed by atoms with E-state index in [1.165, 1.54) is 0 Å². The van der Waals surface area contributed by atoms with Crippen LogP contribution in [0.3, 0.4) is 0 Å². The summed E-state index contributed by atoms with van der Waals surface area (Å²) in [7, 11) is -3.45. The first-order chi connectivity index (χ1) is 8.47. The molecule has 1 N–H and O–H groups in total. The highest BCUT2D eigenvalue weighted by Gasteiger charge is 2.29. The van der Waals surface area contributed by atoms with Gasteiger partial charge in [0.25, 0.3) is 10.0 Å². The van der Waals surface area contributed by atoms with Crippen LogP contribution < -0.4 is 4.72 Å². The fourth-order valence-corrected chi connectivity index (χ4v) is 3.96. The van der Waals surface area contributed by atoms with Crippen molar-refractivity contribution in [3.63, 3.8) is 0 Å². The lowest BCUT2D eigenvalue weighted by atomic mass is 10.0. The summed E-state index contributed by atoms with van der Waals surface area (Å²) < 4.78 is 29.1. The van der Waals surface area contributed by atoms with Crippen LogP contribution in [0.1, 0.15) is 50.7 Å². The summed E-state index contributed by atoms with van der Waals surface area (Å²) >= 11 is 0. The number of aromatic nitrogens is 2. The first kappa shape index (κ1) is 13.5. The van der Waals surface area contributed by atoms with Crippen LogP contribution in [0.25, 0.3) is 0 Å². The van der Waals surface area contributed by atoms with Crippen LogP contribution in [0.5, 0.6) is 0 Å². The van der Waals surface area contributed by atoms with Gasteiger partial charge < -0.3 is 4.57 Å². The summed E-state index contributed by atoms with van der Waals surface area (Å²) in [5, 5.41) is 0.236. The SMILES string of the molecule is CCCNS(=O)(=O)c1nc(C)n2c1CCCC2C. The Morgan fingerprint density at radius 1 is 1.50 bits per heavy atom. The molecule has 2 heterocycles. The molecule has 0 bridgehead atoms. The lowest BCUT2D eigenvalue weighted by molar-refractivity contribution is 0.420. The van der Waals surface area contributed by atoms with Crippen LogP contribution in [0.2, 0.25) is 0 Å². The molecule has 0 saturated carbocycles. The average Bonchev–Trinajstić information content (AvgIpc) is 2.66. The van der Waals surface area contributed by atoms with E-state index in [0.29, 0.717) is 12.6 Å². The summed E-state index contributed by atoms with van der Waals surface area (Å²) in [5.74, 6) is 0.800. The van der Waals surface area contributed by atoms with Gasteiger partial charge in [0.1, 0.15) is 5.82 Å². The Kier molecular flexibility index (Phi) is 3.77. The highest BCUT2D eigenvalue weighted by molar-refractivity contribution is 7.89. The second-order valence-corrected chi connectivity index (χ2v) is 6.60. The molecule has 102 valence electrons. The summed E-state index contributed by atoms with van der Waals surface area (Å²) in [6.45, 7) is 6.40. The van der Waals surface area contributed by atoms with E-state index in [1.807, 2.05) is 13.8 Å². The molecule has 1 unspecified atom stereocenters. The number of aryl methyl sites for hydroxylation is 1. The van der Waals surface area contributed by atoms with Crippen LogP contribution in [-0.4, -0.2) is 24.5 Å². The maximum atomic E-state index is 12.2. The minimum Gasteiger partial charge on any atom is -0.328 e. The largest absolute Gasteiger partial charge is 0.328 e. The molecule has 0 radical (unpaired) electrons. The van der Waals surface area contributed by atoms with E-state index < -0.39 is 10.0 Å². The highest BCUT2D eigenvalue weighted by atomic mass is 32.2. The predicted octanol–water partition coefficient (Wildman–Crippen LogP) is 1.78. The van der Waals surface area contributed by atoms with Crippen LogP contribution >= 0.6 is 0 Å². The van der Waals surface area contributed by atoms with Crippen molar-refractivity contribution in [1.82, 2.24) is 14.3 Å². The molecule has 0 amide bonds. The molecule has 0 fully saturated rings. The highest BCUT2D eigenvalue weighted by Crippen LogP contribution is 2.30. The zero-order valence-corrected chi connectivity index (χ0v) is 12.0. The molecule has 0 aromatic carbocycles. The van der Waals surface area contributed by atoms with Crippen molar-refractivity contribution in [3.05, 3.63) is 11.5 Å². The van der Waals surface area contributed by atoms with E-state index in [-0.39, 0.29) is 5.03 Å². The van der Waals surface area contributed by atoms with E-state index in [4.69, 9.17) is 0 Å². The van der Waals surface area contributed by atoms with Crippen LogP contribution in [0, 0.1) is 6.92 Å². The molecule has 2 rings (SSSR count). The molecule has 0 spiro atoms. The minimum atomic E-state index is -3.45. The number of nitrogens with one attached hydrogen (secondary N) is 1. The van der Waals surface area contributed by atoms with E-state index in [0.717, 1.165) is 37.2 Å². The monoisotopic (exact) mass is 271 g/mol. The van der Waals surface area contributed by atoms with Gasteiger partial charge in [-0.2, -0.15) is 0 Å². The van der Waals surface area contributed by atoms with Gasteiger partial charge in [0.05, 0.1) is 5.69 Å². The first-order valence-corrected chi connectivity index (χ1v) is 8.03. The summed E-state index contributed by atoms with van der Waals surface area (Å²) in [6, 6.07) is 0.344. The smallest absolute Gasteiger partial charge is 0.259 e. The Morgan fingerprint density at radius 3 is 2.89 bits per heavy atom. The standard InChI is InChI=1S/C12H21N3O2S/c1-4-8-13-18(16,17)12-11-7-5-6-9(2)15(11)10(3)14-12/h9,13H,4-8H2,1-3H3. The third-order valence-electron chi connectivity index (χ3n) is 3.42. The summed E-state index contributed by atoms with van der Waals surface area (Å²) in [5.41, 5.74) is 0.870. The van der Waals surface area contributed by atoms with Crippen molar-refractivity contribution in [1.29, 1.82) is 0 Å². The van der Waals surface area contributed by atoms with Crippen molar-refractivity contribution in [2.24, 2.45) is 0 Å². The summed E-state index contributed by atoms with van der Waals surface area (Å²) in [4.78, 5) is 4.28. The molecule has 1 aromatic heterocycles. The normalized spacial score (nSPS) is 19.8. The van der Waals surface area contributed by atoms with Crippen molar-refractivity contribution in [2.45, 2.75) is 57.5 Å². The second-order valence-electron chi connectivity index (χ2n) is 4.92. The zero-order chi connectivity index (χ0) is 13.3. The van der Waals surface area contributed by atoms with E-state index in [1.54, 1.807) is 0 Å². The van der Waals surface area contributed by atoms with Crippen LogP contribution in [0.4, 0.5) is 0 Å². The molecule has 1 aromatic rings. The van der Waals surface area contributed by atoms with E-state index in [9.17, 15) is 8.42 Å². The lowest BCUT2D eigenvalue weighted by Gasteiger charge is -2.23. The Bertz CT molecular complexity index is 534. The van der Waals surface area contributed by atoms with Gasteiger partial charge in [-0.1, -0.05) is 6.92 Å². The third-order valence-corrected chi connectivity index (χ3v) is 4.84. The molecule has 6 heteroatoms. The van der Waals surface area contributed by atoms with Crippen molar-refractivity contribution in [3.8, 4) is 0 Å². The van der Waals surface area contributed by atoms with Crippen molar-refractivity contribution >= 4 is 10.0 Å². The van der Waals surface area contributed by atoms with Gasteiger partial charge in [-0.15, -0.1) is 0 Å². The number of hydrogen-bond donors (Lipinski definition) is 1. The minimum absolute atomic E-state index is 0.236. The number of fused-ring (bicyclic) bond motifs is 1. The Balaban J connectivity index is 2.44. The predicted molar refractivity (Wildman–Crippen MR) is 70.1 cm³/mol. The number of nitrogens with zero attached hydrogens (tertiary/aromatic N) is 2. The molecular weight excluding hydrogens is 250 g/mol. The van der Waals surface area contributed by atoms with Crippen LogP contribution in [-0.2, 0) is 16.4 Å². The summed E-state index contributed by atoms with van der Waals surface area (Å²) in [6.07, 6.45) is 3.70. The number of sulfonamides is 1. The average molecular weight is 271 g/mol. The fraction of sp³-hybridized carbons (Fsp3) is 0.750. The quantitative estimate of drug-likeness (QED) is 0.908. The molecule has 1 aliphatic rings. The molecule has 1 aliphatic heterocycles. The van der Waals surface area contributed by atoms with Crippen molar-refractivity contribution < 1.29 is 8.42 Å². The fourth-order valence-electron chi connectivity index (χ4n) is 2.59. The van der Waals surface area contributed by atoms with E-state index >= 15 is 0 Å². The Hall–Kier alpha value is -0.880. The second kappa shape index (κ2) is 5.01. The third kappa shape index (κ3) is 2.31. The van der Waals surface area contributed by atoms with Crippen molar-refractivity contribution in [2.75, 3.05) is 6.54 Å². The number of imidazole rings is 1. The number of rotatable bonds is 4. The van der Waals surface area contributed by atoms with Gasteiger partial charge in [-0.05, 0) is 39.5 Å². The molecule has 5 nitrogen and oxygen atoms in total.